The SMILES string of the molecule is CCCC.Cc1ccc(OCC2CCN(Cc3ccncc3)CC2)cc1. The van der Waals surface area contributed by atoms with Gasteiger partial charge in [-0.3, -0.25) is 9.88 Å². The van der Waals surface area contributed by atoms with Crippen LogP contribution in [0.2, 0.25) is 0 Å². The van der Waals surface area contributed by atoms with Crippen LogP contribution in [0.1, 0.15) is 50.7 Å². The lowest BCUT2D eigenvalue weighted by Gasteiger charge is -2.31. The second-order valence-corrected chi connectivity index (χ2v) is 7.20. The fourth-order valence-corrected chi connectivity index (χ4v) is 2.91. The third kappa shape index (κ3) is 7.57. The second kappa shape index (κ2) is 11.7. The van der Waals surface area contributed by atoms with E-state index in [2.05, 4.69) is 67.1 Å². The molecule has 0 N–H and O–H groups in total. The lowest BCUT2D eigenvalue weighted by molar-refractivity contribution is 0.136. The predicted molar refractivity (Wildman–Crippen MR) is 109 cm³/mol. The minimum atomic E-state index is 0.676. The molecule has 0 atom stereocenters. The first-order valence-electron chi connectivity index (χ1n) is 10.0. The maximum absolute atomic E-state index is 5.93. The molecule has 142 valence electrons. The fraction of sp³-hybridized carbons (Fsp3) is 0.522. The Morgan fingerprint density at radius 1 is 0.962 bits per heavy atom. The van der Waals surface area contributed by atoms with E-state index < -0.39 is 0 Å². The molecule has 0 bridgehead atoms. The minimum Gasteiger partial charge on any atom is -0.493 e. The Kier molecular flexibility index (Phi) is 9.19. The summed E-state index contributed by atoms with van der Waals surface area (Å²) in [6.45, 7) is 10.6. The molecule has 1 aliphatic heterocycles. The molecule has 3 heteroatoms. The summed E-state index contributed by atoms with van der Waals surface area (Å²) in [5.41, 5.74) is 2.63. The van der Waals surface area contributed by atoms with Gasteiger partial charge in [-0.05, 0) is 68.6 Å². The number of piperidine rings is 1. The Hall–Kier alpha value is -1.87. The summed E-state index contributed by atoms with van der Waals surface area (Å²) < 4.78 is 5.93. The predicted octanol–water partition coefficient (Wildman–Crippen LogP) is 5.49. The first kappa shape index (κ1) is 20.4. The average Bonchev–Trinajstić information content (AvgIpc) is 2.70. The van der Waals surface area contributed by atoms with E-state index in [1.165, 1.54) is 36.8 Å². The molecule has 1 aromatic carbocycles. The number of unbranched alkanes of at least 4 members (excludes halogenated alkanes) is 1. The van der Waals surface area contributed by atoms with E-state index in [1.54, 1.807) is 0 Å². The first-order chi connectivity index (χ1) is 12.7. The number of pyridine rings is 1. The van der Waals surface area contributed by atoms with Gasteiger partial charge in [0.25, 0.3) is 0 Å². The summed E-state index contributed by atoms with van der Waals surface area (Å²) >= 11 is 0. The summed E-state index contributed by atoms with van der Waals surface area (Å²) in [6.07, 6.45) is 8.82. The molecule has 0 radical (unpaired) electrons. The molecule has 2 aromatic rings. The van der Waals surface area contributed by atoms with E-state index in [1.807, 2.05) is 12.4 Å². The van der Waals surface area contributed by atoms with E-state index in [4.69, 9.17) is 4.74 Å². The molecule has 0 amide bonds. The van der Waals surface area contributed by atoms with Gasteiger partial charge in [0.05, 0.1) is 6.61 Å². The quantitative estimate of drug-likeness (QED) is 0.686. The van der Waals surface area contributed by atoms with Crippen molar-refractivity contribution in [2.75, 3.05) is 19.7 Å². The largest absolute Gasteiger partial charge is 0.493 e. The summed E-state index contributed by atoms with van der Waals surface area (Å²) in [6, 6.07) is 12.5. The molecule has 0 saturated carbocycles. The highest BCUT2D eigenvalue weighted by atomic mass is 16.5. The summed E-state index contributed by atoms with van der Waals surface area (Å²) in [7, 11) is 0. The van der Waals surface area contributed by atoms with Gasteiger partial charge in [0.15, 0.2) is 0 Å². The van der Waals surface area contributed by atoms with Crippen molar-refractivity contribution in [1.29, 1.82) is 0 Å². The molecule has 2 heterocycles. The standard InChI is InChI=1S/C19H24N2O.C4H10/c1-16-2-4-19(5-3-16)22-15-18-8-12-21(13-9-18)14-17-6-10-20-11-7-17;1-3-4-2/h2-7,10-11,18H,8-9,12-15H2,1H3;3-4H2,1-2H3. The third-order valence-corrected chi connectivity index (χ3v) is 4.87. The lowest BCUT2D eigenvalue weighted by Crippen LogP contribution is -2.35. The van der Waals surface area contributed by atoms with Crippen LogP contribution in [-0.4, -0.2) is 29.6 Å². The zero-order valence-corrected chi connectivity index (χ0v) is 16.7. The van der Waals surface area contributed by atoms with Crippen LogP contribution in [0.3, 0.4) is 0 Å². The molecule has 3 rings (SSSR count). The lowest BCUT2D eigenvalue weighted by atomic mass is 9.97. The Morgan fingerprint density at radius 3 is 2.15 bits per heavy atom. The molecule has 1 aliphatic rings. The topological polar surface area (TPSA) is 25.4 Å². The number of rotatable bonds is 6. The Morgan fingerprint density at radius 2 is 1.58 bits per heavy atom. The van der Waals surface area contributed by atoms with Crippen molar-refractivity contribution < 1.29 is 4.74 Å². The van der Waals surface area contributed by atoms with Crippen molar-refractivity contribution in [3.63, 3.8) is 0 Å². The maximum Gasteiger partial charge on any atom is 0.119 e. The van der Waals surface area contributed by atoms with Crippen molar-refractivity contribution in [3.05, 3.63) is 59.9 Å². The van der Waals surface area contributed by atoms with E-state index in [9.17, 15) is 0 Å². The van der Waals surface area contributed by atoms with Gasteiger partial charge in [-0.15, -0.1) is 0 Å². The van der Waals surface area contributed by atoms with Crippen LogP contribution in [0.5, 0.6) is 5.75 Å². The summed E-state index contributed by atoms with van der Waals surface area (Å²) in [5, 5.41) is 0. The Labute approximate surface area is 159 Å². The van der Waals surface area contributed by atoms with Crippen LogP contribution in [0.4, 0.5) is 0 Å². The number of nitrogens with zero attached hydrogens (tertiary/aromatic N) is 2. The van der Waals surface area contributed by atoms with Gasteiger partial charge >= 0.3 is 0 Å². The van der Waals surface area contributed by atoms with Gasteiger partial charge in [0.2, 0.25) is 0 Å². The van der Waals surface area contributed by atoms with Gasteiger partial charge in [-0.1, -0.05) is 44.4 Å². The molecule has 1 aromatic heterocycles. The zero-order chi connectivity index (χ0) is 18.6. The zero-order valence-electron chi connectivity index (χ0n) is 16.7. The second-order valence-electron chi connectivity index (χ2n) is 7.20. The maximum atomic E-state index is 5.93. The van der Waals surface area contributed by atoms with E-state index in [0.29, 0.717) is 5.92 Å². The number of ether oxygens (including phenoxy) is 1. The van der Waals surface area contributed by atoms with Gasteiger partial charge in [-0.25, -0.2) is 0 Å². The number of likely N-dealkylation sites (tertiary alicyclic amines) is 1. The van der Waals surface area contributed by atoms with E-state index >= 15 is 0 Å². The molecule has 1 saturated heterocycles. The van der Waals surface area contributed by atoms with Gasteiger partial charge in [-0.2, -0.15) is 0 Å². The highest BCUT2D eigenvalue weighted by Crippen LogP contribution is 2.21. The summed E-state index contributed by atoms with van der Waals surface area (Å²) in [4.78, 5) is 6.60. The molecule has 0 aliphatic carbocycles. The third-order valence-electron chi connectivity index (χ3n) is 4.87. The van der Waals surface area contributed by atoms with Crippen molar-refractivity contribution in [3.8, 4) is 5.75 Å². The van der Waals surface area contributed by atoms with Crippen molar-refractivity contribution in [1.82, 2.24) is 9.88 Å². The molecule has 26 heavy (non-hydrogen) atoms. The number of aromatic nitrogens is 1. The minimum absolute atomic E-state index is 0.676. The Balaban J connectivity index is 0.000000552. The number of hydrogen-bond acceptors (Lipinski definition) is 3. The molecule has 1 fully saturated rings. The van der Waals surface area contributed by atoms with Crippen molar-refractivity contribution >= 4 is 0 Å². The van der Waals surface area contributed by atoms with Crippen molar-refractivity contribution in [2.45, 2.75) is 53.0 Å². The first-order valence-corrected chi connectivity index (χ1v) is 10.0. The summed E-state index contributed by atoms with van der Waals surface area (Å²) in [5.74, 6) is 1.67. The molecule has 0 spiro atoms. The normalized spacial score (nSPS) is 15.2. The molecular formula is C23H34N2O. The Bertz CT molecular complexity index is 587. The highest BCUT2D eigenvalue weighted by molar-refractivity contribution is 5.26. The smallest absolute Gasteiger partial charge is 0.119 e. The fourth-order valence-electron chi connectivity index (χ4n) is 2.91. The number of hydrogen-bond donors (Lipinski definition) is 0. The van der Waals surface area contributed by atoms with Gasteiger partial charge < -0.3 is 4.74 Å². The van der Waals surface area contributed by atoms with Crippen LogP contribution < -0.4 is 4.74 Å². The van der Waals surface area contributed by atoms with Crippen molar-refractivity contribution in [2.24, 2.45) is 5.92 Å². The molecule has 3 nitrogen and oxygen atoms in total. The van der Waals surface area contributed by atoms with Gasteiger partial charge in [0.1, 0.15) is 5.75 Å². The van der Waals surface area contributed by atoms with Gasteiger partial charge in [0, 0.05) is 18.9 Å². The van der Waals surface area contributed by atoms with Crippen LogP contribution in [0, 0.1) is 12.8 Å². The average molecular weight is 355 g/mol. The van der Waals surface area contributed by atoms with Crippen LogP contribution >= 0.6 is 0 Å². The van der Waals surface area contributed by atoms with E-state index in [-0.39, 0.29) is 0 Å². The van der Waals surface area contributed by atoms with Crippen LogP contribution in [0.25, 0.3) is 0 Å². The highest BCUT2D eigenvalue weighted by Gasteiger charge is 2.19. The molecule has 0 unspecified atom stereocenters. The van der Waals surface area contributed by atoms with Crippen LogP contribution in [0.15, 0.2) is 48.8 Å². The van der Waals surface area contributed by atoms with Crippen LogP contribution in [-0.2, 0) is 6.54 Å². The monoisotopic (exact) mass is 354 g/mol. The number of benzene rings is 1. The number of aryl methyl sites for hydroxylation is 1. The van der Waals surface area contributed by atoms with E-state index in [0.717, 1.165) is 32.0 Å². The molecular weight excluding hydrogens is 320 g/mol.